The molecular formula is C32H47N3O4. The second-order valence-electron chi connectivity index (χ2n) is 11.2. The van der Waals surface area contributed by atoms with Crippen LogP contribution in [0.25, 0.3) is 0 Å². The van der Waals surface area contributed by atoms with E-state index in [1.165, 1.54) is 0 Å². The molecule has 0 saturated carbocycles. The highest BCUT2D eigenvalue weighted by atomic mass is 16.6. The first-order valence-electron chi connectivity index (χ1n) is 14.2. The van der Waals surface area contributed by atoms with E-state index in [9.17, 15) is 14.4 Å². The monoisotopic (exact) mass is 537 g/mol. The third kappa shape index (κ3) is 10.4. The first kappa shape index (κ1) is 31.9. The molecule has 7 nitrogen and oxygen atoms in total. The Kier molecular flexibility index (Phi) is 12.5. The number of alkyl carbamates (subject to hydrolysis) is 1. The van der Waals surface area contributed by atoms with Gasteiger partial charge in [-0.3, -0.25) is 9.59 Å². The molecule has 0 aliphatic carbocycles. The fraction of sp³-hybridized carbons (Fsp3) is 0.531. The first-order chi connectivity index (χ1) is 18.5. The van der Waals surface area contributed by atoms with Crippen molar-refractivity contribution in [1.82, 2.24) is 15.5 Å². The quantitative estimate of drug-likeness (QED) is 0.306. The van der Waals surface area contributed by atoms with Gasteiger partial charge < -0.3 is 20.3 Å². The van der Waals surface area contributed by atoms with Gasteiger partial charge in [0, 0.05) is 19.5 Å². The predicted molar refractivity (Wildman–Crippen MR) is 156 cm³/mol. The van der Waals surface area contributed by atoms with Gasteiger partial charge in [-0.15, -0.1) is 0 Å². The average molecular weight is 538 g/mol. The molecule has 0 aliphatic rings. The SMILES string of the molecule is CCCCNC(=O)C(c1ccc(C)c(C)c1)N(CCCC)C(=O)C(Cc1ccccc1)NC(=O)OC(C)(C)C. The van der Waals surface area contributed by atoms with Crippen LogP contribution in [0.5, 0.6) is 0 Å². The molecule has 2 atom stereocenters. The molecule has 7 heteroatoms. The lowest BCUT2D eigenvalue weighted by Crippen LogP contribution is -2.54. The number of benzene rings is 2. The molecule has 0 aromatic heterocycles. The summed E-state index contributed by atoms with van der Waals surface area (Å²) in [5.74, 6) is -0.529. The number of hydrogen-bond acceptors (Lipinski definition) is 4. The average Bonchev–Trinajstić information content (AvgIpc) is 2.87. The number of hydrogen-bond donors (Lipinski definition) is 2. The van der Waals surface area contributed by atoms with Gasteiger partial charge in [0.15, 0.2) is 0 Å². The van der Waals surface area contributed by atoms with Gasteiger partial charge in [0.25, 0.3) is 0 Å². The summed E-state index contributed by atoms with van der Waals surface area (Å²) in [6.45, 7) is 14.4. The highest BCUT2D eigenvalue weighted by Crippen LogP contribution is 2.26. The van der Waals surface area contributed by atoms with E-state index in [-0.39, 0.29) is 18.2 Å². The molecule has 0 saturated heterocycles. The Morgan fingerprint density at radius 3 is 2.18 bits per heavy atom. The third-order valence-electron chi connectivity index (χ3n) is 6.54. The second kappa shape index (κ2) is 15.3. The standard InChI is InChI=1S/C32H47N3O4/c1-8-10-19-33-29(36)28(26-18-17-23(3)24(4)21-26)35(20-11-9-2)30(37)27(22-25-15-13-12-14-16-25)34-31(38)39-32(5,6)7/h12-18,21,27-28H,8-11,19-20,22H2,1-7H3,(H,33,36)(H,34,38). The zero-order valence-electron chi connectivity index (χ0n) is 24.8. The lowest BCUT2D eigenvalue weighted by atomic mass is 9.97. The molecule has 2 unspecified atom stereocenters. The van der Waals surface area contributed by atoms with Crippen LogP contribution in [0.4, 0.5) is 4.79 Å². The Balaban J connectivity index is 2.53. The Bertz CT molecular complexity index is 1080. The lowest BCUT2D eigenvalue weighted by Gasteiger charge is -2.35. The van der Waals surface area contributed by atoms with Gasteiger partial charge in [-0.1, -0.05) is 75.2 Å². The summed E-state index contributed by atoms with van der Waals surface area (Å²) in [6, 6.07) is 13.7. The molecule has 0 aliphatic heterocycles. The fourth-order valence-corrected chi connectivity index (χ4v) is 4.29. The van der Waals surface area contributed by atoms with Gasteiger partial charge in [0.2, 0.25) is 11.8 Å². The maximum absolute atomic E-state index is 14.3. The van der Waals surface area contributed by atoms with Crippen molar-refractivity contribution in [2.75, 3.05) is 13.1 Å². The van der Waals surface area contributed by atoms with Crippen LogP contribution in [0, 0.1) is 13.8 Å². The number of aryl methyl sites for hydroxylation is 2. The normalized spacial score (nSPS) is 12.8. The highest BCUT2D eigenvalue weighted by Gasteiger charge is 2.36. The van der Waals surface area contributed by atoms with E-state index >= 15 is 0 Å². The maximum atomic E-state index is 14.3. The molecular weight excluding hydrogens is 490 g/mol. The minimum absolute atomic E-state index is 0.216. The Morgan fingerprint density at radius 2 is 1.59 bits per heavy atom. The third-order valence-corrected chi connectivity index (χ3v) is 6.54. The number of nitrogens with zero attached hydrogens (tertiary/aromatic N) is 1. The van der Waals surface area contributed by atoms with Crippen molar-refractivity contribution in [1.29, 1.82) is 0 Å². The first-order valence-corrected chi connectivity index (χ1v) is 14.2. The van der Waals surface area contributed by atoms with Crippen molar-refractivity contribution < 1.29 is 19.1 Å². The minimum atomic E-state index is -0.906. The lowest BCUT2D eigenvalue weighted by molar-refractivity contribution is -0.142. The molecule has 214 valence electrons. The molecule has 2 aromatic carbocycles. The Labute approximate surface area is 234 Å². The van der Waals surface area contributed by atoms with E-state index in [1.54, 1.807) is 25.7 Å². The van der Waals surface area contributed by atoms with Crippen LogP contribution in [0.2, 0.25) is 0 Å². The van der Waals surface area contributed by atoms with Crippen molar-refractivity contribution >= 4 is 17.9 Å². The summed E-state index contributed by atoms with van der Waals surface area (Å²) in [7, 11) is 0. The second-order valence-corrected chi connectivity index (χ2v) is 11.2. The van der Waals surface area contributed by atoms with Crippen LogP contribution in [-0.4, -0.2) is 47.5 Å². The van der Waals surface area contributed by atoms with Crippen molar-refractivity contribution in [2.24, 2.45) is 0 Å². The number of nitrogens with one attached hydrogen (secondary N) is 2. The number of rotatable bonds is 13. The molecule has 2 N–H and O–H groups in total. The van der Waals surface area contributed by atoms with Crippen molar-refractivity contribution in [3.8, 4) is 0 Å². The van der Waals surface area contributed by atoms with Gasteiger partial charge in [0.05, 0.1) is 0 Å². The molecule has 2 rings (SSSR count). The van der Waals surface area contributed by atoms with Crippen LogP contribution in [0.3, 0.4) is 0 Å². The number of ether oxygens (including phenoxy) is 1. The van der Waals surface area contributed by atoms with Crippen LogP contribution >= 0.6 is 0 Å². The number of amides is 3. The molecule has 0 spiro atoms. The molecule has 39 heavy (non-hydrogen) atoms. The van der Waals surface area contributed by atoms with Gasteiger partial charge in [0.1, 0.15) is 17.7 Å². The largest absolute Gasteiger partial charge is 0.444 e. The topological polar surface area (TPSA) is 87.7 Å². The zero-order chi connectivity index (χ0) is 29.0. The van der Waals surface area contributed by atoms with Crippen LogP contribution in [0.1, 0.15) is 88.6 Å². The van der Waals surface area contributed by atoms with Gasteiger partial charge in [-0.2, -0.15) is 0 Å². The van der Waals surface area contributed by atoms with E-state index in [2.05, 4.69) is 24.5 Å². The summed E-state index contributed by atoms with van der Waals surface area (Å²) in [5, 5.41) is 5.86. The molecule has 0 heterocycles. The van der Waals surface area contributed by atoms with E-state index in [0.29, 0.717) is 13.1 Å². The molecule has 0 bridgehead atoms. The minimum Gasteiger partial charge on any atom is -0.444 e. The molecule has 3 amide bonds. The summed E-state index contributed by atoms with van der Waals surface area (Å²) >= 11 is 0. The van der Waals surface area contributed by atoms with Gasteiger partial charge in [-0.25, -0.2) is 4.79 Å². The molecule has 0 radical (unpaired) electrons. The number of carbonyl (C=O) groups excluding carboxylic acids is 3. The number of carbonyl (C=O) groups is 3. The van der Waals surface area contributed by atoms with Crippen LogP contribution < -0.4 is 10.6 Å². The Morgan fingerprint density at radius 1 is 0.923 bits per heavy atom. The van der Waals surface area contributed by atoms with Crippen molar-refractivity contribution in [3.05, 3.63) is 70.8 Å². The summed E-state index contributed by atoms with van der Waals surface area (Å²) in [4.78, 5) is 42.5. The fourth-order valence-electron chi connectivity index (χ4n) is 4.29. The maximum Gasteiger partial charge on any atom is 0.408 e. The van der Waals surface area contributed by atoms with Crippen LogP contribution in [-0.2, 0) is 20.7 Å². The van der Waals surface area contributed by atoms with Crippen molar-refractivity contribution in [3.63, 3.8) is 0 Å². The van der Waals surface area contributed by atoms with E-state index in [4.69, 9.17) is 4.74 Å². The molecule has 2 aromatic rings. The van der Waals surface area contributed by atoms with E-state index in [0.717, 1.165) is 47.9 Å². The summed E-state index contributed by atoms with van der Waals surface area (Å²) in [5.41, 5.74) is 3.11. The van der Waals surface area contributed by atoms with Crippen LogP contribution in [0.15, 0.2) is 48.5 Å². The van der Waals surface area contributed by atoms with Gasteiger partial charge >= 0.3 is 6.09 Å². The van der Waals surface area contributed by atoms with Crippen molar-refractivity contribution in [2.45, 2.75) is 98.3 Å². The predicted octanol–water partition coefficient (Wildman–Crippen LogP) is 6.03. The Hall–Kier alpha value is -3.35. The summed E-state index contributed by atoms with van der Waals surface area (Å²) < 4.78 is 5.50. The highest BCUT2D eigenvalue weighted by molar-refractivity contribution is 5.92. The van der Waals surface area contributed by atoms with E-state index < -0.39 is 23.8 Å². The number of unbranched alkanes of at least 4 members (excludes halogenated alkanes) is 2. The zero-order valence-corrected chi connectivity index (χ0v) is 24.8. The smallest absolute Gasteiger partial charge is 0.408 e. The van der Waals surface area contributed by atoms with E-state index in [1.807, 2.05) is 62.4 Å². The van der Waals surface area contributed by atoms with Gasteiger partial charge in [-0.05, 0) is 69.7 Å². The molecule has 0 fully saturated rings. The summed E-state index contributed by atoms with van der Waals surface area (Å²) in [6.07, 6.45) is 2.99.